The van der Waals surface area contributed by atoms with Crippen LogP contribution in [0.15, 0.2) is 24.3 Å². The van der Waals surface area contributed by atoms with Crippen LogP contribution >= 0.6 is 0 Å². The molecule has 1 unspecified atom stereocenters. The number of carboxylic acid groups (broad SMARTS) is 1. The molecular formula is C14H18FNO3. The van der Waals surface area contributed by atoms with Crippen LogP contribution in [-0.2, 0) is 4.79 Å². The van der Waals surface area contributed by atoms with Gasteiger partial charge in [0.05, 0.1) is 0 Å². The van der Waals surface area contributed by atoms with Crippen molar-refractivity contribution in [3.63, 3.8) is 0 Å². The van der Waals surface area contributed by atoms with E-state index >= 15 is 0 Å². The fourth-order valence-electron chi connectivity index (χ4n) is 2.45. The average molecular weight is 267 g/mol. The van der Waals surface area contributed by atoms with Gasteiger partial charge in [-0.2, -0.15) is 0 Å². The van der Waals surface area contributed by atoms with Gasteiger partial charge in [-0.05, 0) is 38.4 Å². The molecule has 5 heteroatoms. The Morgan fingerprint density at radius 1 is 1.53 bits per heavy atom. The van der Waals surface area contributed by atoms with E-state index in [0.29, 0.717) is 13.0 Å². The Kier molecular flexibility index (Phi) is 4.04. The van der Waals surface area contributed by atoms with Crippen LogP contribution in [0.3, 0.4) is 0 Å². The zero-order valence-electron chi connectivity index (χ0n) is 10.9. The lowest BCUT2D eigenvalue weighted by Crippen LogP contribution is -2.49. The molecule has 19 heavy (non-hydrogen) atoms. The number of benzene rings is 1. The average Bonchev–Trinajstić information content (AvgIpc) is 2.75. The molecular weight excluding hydrogens is 249 g/mol. The Morgan fingerprint density at radius 3 is 2.95 bits per heavy atom. The molecule has 1 heterocycles. The Bertz CT molecular complexity index is 466. The molecule has 1 atom stereocenters. The second-order valence-corrected chi connectivity index (χ2v) is 4.95. The second kappa shape index (κ2) is 5.57. The molecule has 0 aromatic heterocycles. The molecule has 0 amide bonds. The summed E-state index contributed by atoms with van der Waals surface area (Å²) in [5, 5.41) is 9.26. The molecule has 0 aliphatic carbocycles. The molecule has 1 saturated heterocycles. The number of carboxylic acids is 1. The largest absolute Gasteiger partial charge is 0.489 e. The van der Waals surface area contributed by atoms with Gasteiger partial charge < -0.3 is 9.84 Å². The summed E-state index contributed by atoms with van der Waals surface area (Å²) < 4.78 is 18.7. The van der Waals surface area contributed by atoms with Crippen molar-refractivity contribution in [2.75, 3.05) is 19.7 Å². The zero-order valence-corrected chi connectivity index (χ0v) is 10.9. The molecule has 104 valence electrons. The predicted molar refractivity (Wildman–Crippen MR) is 68.7 cm³/mol. The molecule has 1 aliphatic heterocycles. The summed E-state index contributed by atoms with van der Waals surface area (Å²) in [6, 6.07) is 6.21. The molecule has 1 fully saturated rings. The highest BCUT2D eigenvalue weighted by Gasteiger charge is 2.42. The highest BCUT2D eigenvalue weighted by Crippen LogP contribution is 2.28. The fraction of sp³-hybridized carbons (Fsp3) is 0.500. The SMILES string of the molecule is CC1(C(=O)O)CCCN1CCOc1ccccc1F. The predicted octanol–water partition coefficient (Wildman–Crippen LogP) is 2.14. The monoisotopic (exact) mass is 267 g/mol. The van der Waals surface area contributed by atoms with E-state index in [0.717, 1.165) is 13.0 Å². The van der Waals surface area contributed by atoms with Gasteiger partial charge in [0, 0.05) is 6.54 Å². The molecule has 4 nitrogen and oxygen atoms in total. The van der Waals surface area contributed by atoms with Crippen molar-refractivity contribution >= 4 is 5.97 Å². The third-order valence-corrected chi connectivity index (χ3v) is 3.71. The van der Waals surface area contributed by atoms with E-state index < -0.39 is 17.3 Å². The summed E-state index contributed by atoms with van der Waals surface area (Å²) in [6.07, 6.45) is 1.50. The van der Waals surface area contributed by atoms with Gasteiger partial charge in [-0.3, -0.25) is 9.69 Å². The van der Waals surface area contributed by atoms with Crippen LogP contribution in [0.1, 0.15) is 19.8 Å². The van der Waals surface area contributed by atoms with Crippen molar-refractivity contribution in [2.45, 2.75) is 25.3 Å². The van der Waals surface area contributed by atoms with Crippen LogP contribution in [0.25, 0.3) is 0 Å². The first kappa shape index (κ1) is 13.8. The molecule has 0 saturated carbocycles. The van der Waals surface area contributed by atoms with Gasteiger partial charge in [0.25, 0.3) is 0 Å². The number of aliphatic carboxylic acids is 1. The first-order valence-electron chi connectivity index (χ1n) is 6.40. The van der Waals surface area contributed by atoms with Crippen LogP contribution in [0.2, 0.25) is 0 Å². The van der Waals surface area contributed by atoms with Crippen molar-refractivity contribution in [3.8, 4) is 5.75 Å². The number of carbonyl (C=O) groups is 1. The zero-order chi connectivity index (χ0) is 13.9. The van der Waals surface area contributed by atoms with Gasteiger partial charge in [0.15, 0.2) is 11.6 Å². The Morgan fingerprint density at radius 2 is 2.26 bits per heavy atom. The molecule has 1 N–H and O–H groups in total. The molecule has 2 rings (SSSR count). The van der Waals surface area contributed by atoms with Crippen LogP contribution in [0, 0.1) is 5.82 Å². The van der Waals surface area contributed by atoms with E-state index in [9.17, 15) is 14.3 Å². The maximum atomic E-state index is 13.3. The third kappa shape index (κ3) is 2.87. The lowest BCUT2D eigenvalue weighted by molar-refractivity contribution is -0.148. The van der Waals surface area contributed by atoms with E-state index in [4.69, 9.17) is 4.74 Å². The first-order chi connectivity index (χ1) is 9.04. The van der Waals surface area contributed by atoms with E-state index in [-0.39, 0.29) is 12.4 Å². The summed E-state index contributed by atoms with van der Waals surface area (Å²) in [4.78, 5) is 13.2. The maximum Gasteiger partial charge on any atom is 0.323 e. The Hall–Kier alpha value is -1.62. The minimum absolute atomic E-state index is 0.207. The summed E-state index contributed by atoms with van der Waals surface area (Å²) in [5.74, 6) is -1.00. The number of nitrogens with zero attached hydrogens (tertiary/aromatic N) is 1. The smallest absolute Gasteiger partial charge is 0.323 e. The van der Waals surface area contributed by atoms with Gasteiger partial charge >= 0.3 is 5.97 Å². The van der Waals surface area contributed by atoms with Gasteiger partial charge in [-0.25, -0.2) is 4.39 Å². The highest BCUT2D eigenvalue weighted by atomic mass is 19.1. The van der Waals surface area contributed by atoms with E-state index in [2.05, 4.69) is 0 Å². The summed E-state index contributed by atoms with van der Waals surface area (Å²) >= 11 is 0. The van der Waals surface area contributed by atoms with E-state index in [1.54, 1.807) is 25.1 Å². The summed E-state index contributed by atoms with van der Waals surface area (Å²) in [6.45, 7) is 3.23. The van der Waals surface area contributed by atoms with Gasteiger partial charge in [-0.1, -0.05) is 12.1 Å². The number of halogens is 1. The lowest BCUT2D eigenvalue weighted by Gasteiger charge is -2.30. The summed E-state index contributed by atoms with van der Waals surface area (Å²) in [5.41, 5.74) is -0.821. The van der Waals surface area contributed by atoms with Crippen molar-refractivity contribution in [1.82, 2.24) is 4.90 Å². The number of hydrogen-bond donors (Lipinski definition) is 1. The lowest BCUT2D eigenvalue weighted by atomic mass is 9.99. The van der Waals surface area contributed by atoms with Crippen LogP contribution < -0.4 is 4.74 Å². The van der Waals surface area contributed by atoms with Crippen molar-refractivity contribution in [2.24, 2.45) is 0 Å². The van der Waals surface area contributed by atoms with Crippen LogP contribution in [-0.4, -0.2) is 41.2 Å². The standard InChI is InChI=1S/C14H18FNO3/c1-14(13(17)18)7-4-8-16(14)9-10-19-12-6-3-2-5-11(12)15/h2-3,5-6H,4,7-10H2,1H3,(H,17,18). The maximum absolute atomic E-state index is 13.3. The second-order valence-electron chi connectivity index (χ2n) is 4.95. The minimum Gasteiger partial charge on any atom is -0.489 e. The normalized spacial score (nSPS) is 23.5. The Balaban J connectivity index is 1.89. The third-order valence-electron chi connectivity index (χ3n) is 3.71. The Labute approximate surface area is 111 Å². The first-order valence-corrected chi connectivity index (χ1v) is 6.40. The topological polar surface area (TPSA) is 49.8 Å². The van der Waals surface area contributed by atoms with E-state index in [1.165, 1.54) is 6.07 Å². The molecule has 1 aromatic carbocycles. The highest BCUT2D eigenvalue weighted by molar-refractivity contribution is 5.78. The van der Waals surface area contributed by atoms with Gasteiger partial charge in [0.2, 0.25) is 0 Å². The van der Waals surface area contributed by atoms with Gasteiger partial charge in [-0.15, -0.1) is 0 Å². The molecule has 0 spiro atoms. The number of likely N-dealkylation sites (tertiary alicyclic amines) is 1. The van der Waals surface area contributed by atoms with Crippen LogP contribution in [0.4, 0.5) is 4.39 Å². The van der Waals surface area contributed by atoms with Crippen molar-refractivity contribution in [3.05, 3.63) is 30.1 Å². The van der Waals surface area contributed by atoms with E-state index in [1.807, 2.05) is 4.90 Å². The fourth-order valence-corrected chi connectivity index (χ4v) is 2.45. The number of ether oxygens (including phenoxy) is 1. The summed E-state index contributed by atoms with van der Waals surface area (Å²) in [7, 11) is 0. The molecule has 1 aromatic rings. The van der Waals surface area contributed by atoms with Gasteiger partial charge in [0.1, 0.15) is 12.1 Å². The van der Waals surface area contributed by atoms with Crippen molar-refractivity contribution in [1.29, 1.82) is 0 Å². The molecule has 0 radical (unpaired) electrons. The number of hydrogen-bond acceptors (Lipinski definition) is 3. The number of para-hydroxylation sites is 1. The quantitative estimate of drug-likeness (QED) is 0.888. The molecule has 1 aliphatic rings. The molecule has 0 bridgehead atoms. The minimum atomic E-state index is -0.821. The van der Waals surface area contributed by atoms with Crippen molar-refractivity contribution < 1.29 is 19.0 Å². The van der Waals surface area contributed by atoms with Crippen LogP contribution in [0.5, 0.6) is 5.75 Å². The number of rotatable bonds is 5.